The van der Waals surface area contributed by atoms with E-state index < -0.39 is 0 Å². The van der Waals surface area contributed by atoms with Crippen molar-refractivity contribution in [2.75, 3.05) is 30.4 Å². The minimum absolute atomic E-state index is 0. The quantitative estimate of drug-likeness (QED) is 0.647. The highest BCUT2D eigenvalue weighted by atomic mass is 35.5. The Morgan fingerprint density at radius 3 is 2.24 bits per heavy atom. The predicted octanol–water partition coefficient (Wildman–Crippen LogP) is 3.83. The number of halogens is 1. The molecule has 0 spiro atoms. The molecule has 1 aliphatic heterocycles. The number of carbonyl (C=O) groups excluding carboxylic acids is 1. The monoisotopic (exact) mass is 358 g/mol. The number of carbonyl (C=O) groups is 1. The number of guanidine groups is 1. The number of para-hydroxylation sites is 1. The SMILES string of the molecule is CN(C(=O)c1ccc(NC(=N)N2CCCC2)cc1)c1ccccc1.Cl. The van der Waals surface area contributed by atoms with E-state index >= 15 is 0 Å². The molecule has 25 heavy (non-hydrogen) atoms. The van der Waals surface area contributed by atoms with Crippen LogP contribution in [0.15, 0.2) is 54.6 Å². The third-order valence-electron chi connectivity index (χ3n) is 4.27. The highest BCUT2D eigenvalue weighted by Crippen LogP contribution is 2.17. The first-order chi connectivity index (χ1) is 11.6. The normalized spacial score (nSPS) is 13.1. The summed E-state index contributed by atoms with van der Waals surface area (Å²) in [6, 6.07) is 16.8. The van der Waals surface area contributed by atoms with Crippen molar-refractivity contribution >= 4 is 35.6 Å². The van der Waals surface area contributed by atoms with Crippen LogP contribution in [0.1, 0.15) is 23.2 Å². The maximum atomic E-state index is 12.5. The van der Waals surface area contributed by atoms with Crippen LogP contribution in [0.4, 0.5) is 11.4 Å². The Morgan fingerprint density at radius 2 is 1.64 bits per heavy atom. The number of nitrogens with zero attached hydrogens (tertiary/aromatic N) is 2. The van der Waals surface area contributed by atoms with Crippen LogP contribution in [0.3, 0.4) is 0 Å². The first-order valence-corrected chi connectivity index (χ1v) is 8.19. The van der Waals surface area contributed by atoms with E-state index in [1.54, 1.807) is 24.1 Å². The summed E-state index contributed by atoms with van der Waals surface area (Å²) in [6.45, 7) is 1.87. The lowest BCUT2D eigenvalue weighted by atomic mass is 10.1. The van der Waals surface area contributed by atoms with Crippen molar-refractivity contribution in [1.29, 1.82) is 5.41 Å². The Bertz CT molecular complexity index is 712. The van der Waals surface area contributed by atoms with Gasteiger partial charge in [0.1, 0.15) is 0 Å². The predicted molar refractivity (Wildman–Crippen MR) is 105 cm³/mol. The van der Waals surface area contributed by atoms with Gasteiger partial charge in [0.05, 0.1) is 0 Å². The number of hydrogen-bond acceptors (Lipinski definition) is 2. The number of benzene rings is 2. The maximum Gasteiger partial charge on any atom is 0.258 e. The summed E-state index contributed by atoms with van der Waals surface area (Å²) in [7, 11) is 1.77. The molecule has 6 heteroatoms. The molecule has 1 fully saturated rings. The van der Waals surface area contributed by atoms with E-state index in [2.05, 4.69) is 5.32 Å². The minimum Gasteiger partial charge on any atom is -0.343 e. The summed E-state index contributed by atoms with van der Waals surface area (Å²) in [5.74, 6) is 0.371. The maximum absolute atomic E-state index is 12.5. The second kappa shape index (κ2) is 8.53. The molecule has 3 rings (SSSR count). The third-order valence-corrected chi connectivity index (χ3v) is 4.27. The zero-order chi connectivity index (χ0) is 16.9. The summed E-state index contributed by atoms with van der Waals surface area (Å²) in [4.78, 5) is 16.2. The summed E-state index contributed by atoms with van der Waals surface area (Å²) in [5.41, 5.74) is 2.31. The van der Waals surface area contributed by atoms with Crippen LogP contribution < -0.4 is 10.2 Å². The van der Waals surface area contributed by atoms with Gasteiger partial charge in [0.15, 0.2) is 5.96 Å². The fourth-order valence-corrected chi connectivity index (χ4v) is 2.82. The van der Waals surface area contributed by atoms with Gasteiger partial charge in [0.2, 0.25) is 0 Å². The van der Waals surface area contributed by atoms with Crippen molar-refractivity contribution in [3.63, 3.8) is 0 Å². The Hall–Kier alpha value is -2.53. The van der Waals surface area contributed by atoms with E-state index in [4.69, 9.17) is 5.41 Å². The molecule has 0 aromatic heterocycles. The van der Waals surface area contributed by atoms with Crippen molar-refractivity contribution in [2.45, 2.75) is 12.8 Å². The van der Waals surface area contributed by atoms with E-state index in [0.29, 0.717) is 11.5 Å². The van der Waals surface area contributed by atoms with Gasteiger partial charge in [-0.3, -0.25) is 10.2 Å². The molecule has 0 aliphatic carbocycles. The summed E-state index contributed by atoms with van der Waals surface area (Å²) in [6.07, 6.45) is 2.28. The largest absolute Gasteiger partial charge is 0.343 e. The molecular weight excluding hydrogens is 336 g/mol. The van der Waals surface area contributed by atoms with Gasteiger partial charge in [-0.1, -0.05) is 18.2 Å². The Morgan fingerprint density at radius 1 is 1.04 bits per heavy atom. The van der Waals surface area contributed by atoms with Crippen molar-refractivity contribution in [3.05, 3.63) is 60.2 Å². The van der Waals surface area contributed by atoms with Gasteiger partial charge in [-0.2, -0.15) is 0 Å². The average molecular weight is 359 g/mol. The van der Waals surface area contributed by atoms with Crippen LogP contribution in [0.2, 0.25) is 0 Å². The Kier molecular flexibility index (Phi) is 6.42. The number of hydrogen-bond donors (Lipinski definition) is 2. The molecule has 2 aromatic carbocycles. The van der Waals surface area contributed by atoms with E-state index in [1.807, 2.05) is 47.4 Å². The number of nitrogens with one attached hydrogen (secondary N) is 2. The van der Waals surface area contributed by atoms with Gasteiger partial charge in [0, 0.05) is 37.1 Å². The second-order valence-electron chi connectivity index (χ2n) is 5.94. The van der Waals surface area contributed by atoms with Crippen LogP contribution in [0.25, 0.3) is 0 Å². The Balaban J connectivity index is 0.00000225. The minimum atomic E-state index is -0.0534. The third kappa shape index (κ3) is 4.51. The van der Waals surface area contributed by atoms with Crippen LogP contribution in [-0.4, -0.2) is 36.9 Å². The van der Waals surface area contributed by atoms with Crippen molar-refractivity contribution in [2.24, 2.45) is 0 Å². The molecule has 5 nitrogen and oxygen atoms in total. The van der Waals surface area contributed by atoms with Crippen LogP contribution in [0, 0.1) is 5.41 Å². The van der Waals surface area contributed by atoms with E-state index in [1.165, 1.54) is 0 Å². The van der Waals surface area contributed by atoms with Gasteiger partial charge in [-0.15, -0.1) is 12.4 Å². The molecule has 132 valence electrons. The molecule has 1 amide bonds. The highest BCUT2D eigenvalue weighted by Gasteiger charge is 2.16. The zero-order valence-electron chi connectivity index (χ0n) is 14.2. The molecule has 2 aromatic rings. The van der Waals surface area contributed by atoms with E-state index in [-0.39, 0.29) is 18.3 Å². The molecule has 0 radical (unpaired) electrons. The van der Waals surface area contributed by atoms with Crippen molar-refractivity contribution < 1.29 is 4.79 Å². The summed E-state index contributed by atoms with van der Waals surface area (Å²) >= 11 is 0. The lowest BCUT2D eigenvalue weighted by Gasteiger charge is -2.20. The number of anilines is 2. The molecule has 1 heterocycles. The first kappa shape index (κ1) is 18.8. The lowest BCUT2D eigenvalue weighted by Crippen LogP contribution is -2.32. The van der Waals surface area contributed by atoms with Crippen molar-refractivity contribution in [3.8, 4) is 0 Å². The topological polar surface area (TPSA) is 59.4 Å². The molecule has 2 N–H and O–H groups in total. The molecule has 1 aliphatic rings. The van der Waals surface area contributed by atoms with E-state index in [9.17, 15) is 4.79 Å². The standard InChI is InChI=1S/C19H22N4O.ClH/c1-22(17-7-3-2-4-8-17)18(24)15-9-11-16(12-10-15)21-19(20)23-13-5-6-14-23;/h2-4,7-12H,5-6,13-14H2,1H3,(H2,20,21);1H. The van der Waals surface area contributed by atoms with Gasteiger partial charge in [-0.05, 0) is 49.2 Å². The molecule has 0 unspecified atom stereocenters. The first-order valence-electron chi connectivity index (χ1n) is 8.19. The van der Waals surface area contributed by atoms with Crippen LogP contribution in [0.5, 0.6) is 0 Å². The number of likely N-dealkylation sites (tertiary alicyclic amines) is 1. The zero-order valence-corrected chi connectivity index (χ0v) is 15.1. The van der Waals surface area contributed by atoms with Gasteiger partial charge in [0.25, 0.3) is 5.91 Å². The van der Waals surface area contributed by atoms with Crippen LogP contribution >= 0.6 is 12.4 Å². The number of amides is 1. The molecular formula is C19H23ClN4O. The fourth-order valence-electron chi connectivity index (χ4n) is 2.82. The molecule has 0 saturated carbocycles. The summed E-state index contributed by atoms with van der Waals surface area (Å²) in [5, 5.41) is 11.2. The van der Waals surface area contributed by atoms with Gasteiger partial charge >= 0.3 is 0 Å². The number of rotatable bonds is 3. The summed E-state index contributed by atoms with van der Waals surface area (Å²) < 4.78 is 0. The Labute approximate surface area is 154 Å². The second-order valence-corrected chi connectivity index (χ2v) is 5.94. The average Bonchev–Trinajstić information content (AvgIpc) is 3.17. The molecule has 0 atom stereocenters. The smallest absolute Gasteiger partial charge is 0.258 e. The van der Waals surface area contributed by atoms with Crippen LogP contribution in [-0.2, 0) is 0 Å². The highest BCUT2D eigenvalue weighted by molar-refractivity contribution is 6.06. The van der Waals surface area contributed by atoms with Gasteiger partial charge in [-0.25, -0.2) is 0 Å². The lowest BCUT2D eigenvalue weighted by molar-refractivity contribution is 0.0993. The molecule has 0 bridgehead atoms. The molecule has 1 saturated heterocycles. The fraction of sp³-hybridized carbons (Fsp3) is 0.263. The van der Waals surface area contributed by atoms with E-state index in [0.717, 1.165) is 37.3 Å². The van der Waals surface area contributed by atoms with Gasteiger partial charge < -0.3 is 15.1 Å². The van der Waals surface area contributed by atoms with Crippen molar-refractivity contribution in [1.82, 2.24) is 4.90 Å².